The van der Waals surface area contributed by atoms with Crippen LogP contribution in [0.3, 0.4) is 0 Å². The number of nitro benzene ring substituents is 1. The summed E-state index contributed by atoms with van der Waals surface area (Å²) in [7, 11) is 0. The molecular formula is C23H23NO5. The molecule has 0 amide bonds. The fourth-order valence-electron chi connectivity index (χ4n) is 2.99. The molecule has 0 heterocycles. The van der Waals surface area contributed by atoms with E-state index in [-0.39, 0.29) is 18.1 Å². The molecule has 6 heteroatoms. The average molecular weight is 393 g/mol. The minimum atomic E-state index is -0.568. The Morgan fingerprint density at radius 1 is 1.00 bits per heavy atom. The van der Waals surface area contributed by atoms with Crippen LogP contribution in [0, 0.1) is 10.1 Å². The van der Waals surface area contributed by atoms with Gasteiger partial charge in [-0.15, -0.1) is 0 Å². The predicted octanol–water partition coefficient (Wildman–Crippen LogP) is 5.21. The van der Waals surface area contributed by atoms with Crippen LogP contribution in [0.1, 0.15) is 31.9 Å². The summed E-state index contributed by atoms with van der Waals surface area (Å²) in [6.45, 7) is 5.77. The van der Waals surface area contributed by atoms with E-state index in [9.17, 15) is 14.9 Å². The number of ether oxygens (including phenoxy) is 2. The molecule has 3 rings (SSSR count). The molecule has 0 aliphatic carbocycles. The van der Waals surface area contributed by atoms with E-state index in [2.05, 4.69) is 0 Å². The smallest absolute Gasteiger partial charge is 0.310 e. The fraction of sp³-hybridized carbons (Fsp3) is 0.261. The molecule has 0 aromatic heterocycles. The number of nitrogens with zero attached hydrogens (tertiary/aromatic N) is 1. The average Bonchev–Trinajstić information content (AvgIpc) is 2.65. The second-order valence-corrected chi connectivity index (χ2v) is 7.79. The lowest BCUT2D eigenvalue weighted by molar-refractivity contribution is -0.384. The lowest BCUT2D eigenvalue weighted by Crippen LogP contribution is -2.24. The van der Waals surface area contributed by atoms with Crippen molar-refractivity contribution in [2.24, 2.45) is 0 Å². The number of benzene rings is 3. The second kappa shape index (κ2) is 8.31. The van der Waals surface area contributed by atoms with Crippen molar-refractivity contribution >= 4 is 22.4 Å². The van der Waals surface area contributed by atoms with E-state index in [4.69, 9.17) is 9.47 Å². The molecule has 0 bridgehead atoms. The van der Waals surface area contributed by atoms with Gasteiger partial charge in [0.1, 0.15) is 18.0 Å². The van der Waals surface area contributed by atoms with E-state index >= 15 is 0 Å². The fourth-order valence-corrected chi connectivity index (χ4v) is 2.99. The lowest BCUT2D eigenvalue weighted by atomic mass is 10.0. The van der Waals surface area contributed by atoms with Gasteiger partial charge in [-0.25, -0.2) is 0 Å². The van der Waals surface area contributed by atoms with Gasteiger partial charge in [0.2, 0.25) is 0 Å². The molecule has 0 spiro atoms. The summed E-state index contributed by atoms with van der Waals surface area (Å²) in [6.07, 6.45) is 0.0892. The Kier molecular flexibility index (Phi) is 5.82. The SMILES string of the molecule is CC(C)(C)OC(=O)Cc1cc(OCc2ccccc2)c2cc([N+](=O)[O-])ccc2c1. The summed E-state index contributed by atoms with van der Waals surface area (Å²) < 4.78 is 11.4. The number of carbonyl (C=O) groups is 1. The third-order valence-electron chi connectivity index (χ3n) is 4.18. The van der Waals surface area contributed by atoms with Crippen LogP contribution >= 0.6 is 0 Å². The van der Waals surface area contributed by atoms with Crippen molar-refractivity contribution in [3.8, 4) is 5.75 Å². The third-order valence-corrected chi connectivity index (χ3v) is 4.18. The van der Waals surface area contributed by atoms with Gasteiger partial charge in [-0.1, -0.05) is 36.4 Å². The maximum absolute atomic E-state index is 12.2. The molecule has 3 aromatic carbocycles. The first kappa shape index (κ1) is 20.3. The first-order valence-electron chi connectivity index (χ1n) is 9.31. The molecule has 29 heavy (non-hydrogen) atoms. The summed E-state index contributed by atoms with van der Waals surface area (Å²) in [5.41, 5.74) is 1.12. The van der Waals surface area contributed by atoms with E-state index < -0.39 is 10.5 Å². The van der Waals surface area contributed by atoms with Crippen LogP contribution in [0.2, 0.25) is 0 Å². The van der Waals surface area contributed by atoms with E-state index in [1.165, 1.54) is 12.1 Å². The summed E-state index contributed by atoms with van der Waals surface area (Å²) in [5.74, 6) is 0.154. The Balaban J connectivity index is 1.95. The number of non-ortho nitro benzene ring substituents is 1. The van der Waals surface area contributed by atoms with Crippen LogP contribution in [0.5, 0.6) is 5.75 Å². The third kappa shape index (κ3) is 5.54. The van der Waals surface area contributed by atoms with Crippen molar-refractivity contribution in [2.75, 3.05) is 0 Å². The molecule has 0 aliphatic rings. The van der Waals surface area contributed by atoms with E-state index in [0.717, 1.165) is 16.5 Å². The zero-order chi connectivity index (χ0) is 21.0. The molecule has 0 N–H and O–H groups in total. The van der Waals surface area contributed by atoms with Crippen molar-refractivity contribution in [3.05, 3.63) is 81.9 Å². The molecule has 0 unspecified atom stereocenters. The highest BCUT2D eigenvalue weighted by molar-refractivity contribution is 5.91. The van der Waals surface area contributed by atoms with Crippen LogP contribution < -0.4 is 4.74 Å². The van der Waals surface area contributed by atoms with Gasteiger partial charge >= 0.3 is 5.97 Å². The first-order valence-corrected chi connectivity index (χ1v) is 9.31. The van der Waals surface area contributed by atoms with Crippen molar-refractivity contribution < 1.29 is 19.2 Å². The normalized spacial score (nSPS) is 11.3. The zero-order valence-corrected chi connectivity index (χ0v) is 16.7. The monoisotopic (exact) mass is 393 g/mol. The van der Waals surface area contributed by atoms with Crippen molar-refractivity contribution in [1.29, 1.82) is 0 Å². The van der Waals surface area contributed by atoms with E-state index in [0.29, 0.717) is 17.7 Å². The lowest BCUT2D eigenvalue weighted by Gasteiger charge is -2.19. The van der Waals surface area contributed by atoms with Crippen LogP contribution in [-0.2, 0) is 22.6 Å². The quantitative estimate of drug-likeness (QED) is 0.326. The first-order chi connectivity index (χ1) is 13.7. The Morgan fingerprint density at radius 3 is 2.38 bits per heavy atom. The molecule has 150 valence electrons. The van der Waals surface area contributed by atoms with Crippen LogP contribution in [0.4, 0.5) is 5.69 Å². The van der Waals surface area contributed by atoms with Gasteiger partial charge in [-0.3, -0.25) is 14.9 Å². The molecule has 6 nitrogen and oxygen atoms in total. The highest BCUT2D eigenvalue weighted by Gasteiger charge is 2.18. The number of nitro groups is 1. The Morgan fingerprint density at radius 2 is 1.72 bits per heavy atom. The van der Waals surface area contributed by atoms with Gasteiger partial charge < -0.3 is 9.47 Å². The number of carbonyl (C=O) groups excluding carboxylic acids is 1. The Labute approximate surface area is 169 Å². The van der Waals surface area contributed by atoms with Crippen molar-refractivity contribution in [3.63, 3.8) is 0 Å². The summed E-state index contributed by atoms with van der Waals surface area (Å²) in [6, 6.07) is 17.8. The zero-order valence-electron chi connectivity index (χ0n) is 16.7. The minimum absolute atomic E-state index is 0.0121. The number of hydrogen-bond acceptors (Lipinski definition) is 5. The highest BCUT2D eigenvalue weighted by atomic mass is 16.6. The maximum Gasteiger partial charge on any atom is 0.310 e. The highest BCUT2D eigenvalue weighted by Crippen LogP contribution is 2.32. The number of fused-ring (bicyclic) bond motifs is 1. The summed E-state index contributed by atoms with van der Waals surface area (Å²) in [4.78, 5) is 23.0. The van der Waals surface area contributed by atoms with Gasteiger partial charge in [0.05, 0.1) is 11.3 Å². The Hall–Kier alpha value is -3.41. The van der Waals surface area contributed by atoms with Crippen molar-refractivity contribution in [2.45, 2.75) is 39.4 Å². The van der Waals surface area contributed by atoms with Crippen LogP contribution in [0.15, 0.2) is 60.7 Å². The molecule has 0 atom stereocenters. The van der Waals surface area contributed by atoms with Gasteiger partial charge in [-0.05, 0) is 49.4 Å². The van der Waals surface area contributed by atoms with Gasteiger partial charge in [-0.2, -0.15) is 0 Å². The number of esters is 1. The topological polar surface area (TPSA) is 78.7 Å². The van der Waals surface area contributed by atoms with Crippen molar-refractivity contribution in [1.82, 2.24) is 0 Å². The number of rotatable bonds is 6. The molecule has 0 radical (unpaired) electrons. The van der Waals surface area contributed by atoms with Crippen LogP contribution in [-0.4, -0.2) is 16.5 Å². The minimum Gasteiger partial charge on any atom is -0.488 e. The predicted molar refractivity (Wildman–Crippen MR) is 111 cm³/mol. The van der Waals surface area contributed by atoms with Gasteiger partial charge in [0.15, 0.2) is 0 Å². The van der Waals surface area contributed by atoms with E-state index in [1.807, 2.05) is 57.2 Å². The van der Waals surface area contributed by atoms with Gasteiger partial charge in [0.25, 0.3) is 5.69 Å². The van der Waals surface area contributed by atoms with E-state index in [1.54, 1.807) is 12.1 Å². The number of hydrogen-bond donors (Lipinski definition) is 0. The maximum atomic E-state index is 12.2. The molecule has 3 aromatic rings. The summed E-state index contributed by atoms with van der Waals surface area (Å²) >= 11 is 0. The largest absolute Gasteiger partial charge is 0.488 e. The Bertz CT molecular complexity index is 1040. The molecule has 0 fully saturated rings. The molecule has 0 saturated heterocycles. The standard InChI is InChI=1S/C23H23NO5/c1-23(2,3)29-22(25)13-17-11-18-9-10-19(24(26)27)14-20(18)21(12-17)28-15-16-7-5-4-6-8-16/h4-12,14H,13,15H2,1-3H3. The summed E-state index contributed by atoms with van der Waals surface area (Å²) in [5, 5.41) is 12.6. The molecule has 0 aliphatic heterocycles. The molecule has 0 saturated carbocycles. The van der Waals surface area contributed by atoms with Crippen LogP contribution in [0.25, 0.3) is 10.8 Å². The second-order valence-electron chi connectivity index (χ2n) is 7.79. The van der Waals surface area contributed by atoms with Gasteiger partial charge in [0, 0.05) is 17.5 Å². The molecular weight excluding hydrogens is 370 g/mol.